The van der Waals surface area contributed by atoms with E-state index in [-0.39, 0.29) is 12.1 Å². The van der Waals surface area contributed by atoms with Crippen LogP contribution in [0.2, 0.25) is 0 Å². The van der Waals surface area contributed by atoms with Gasteiger partial charge in [-0.15, -0.1) is 0 Å². The normalized spacial score (nSPS) is 24.6. The highest BCUT2D eigenvalue weighted by Crippen LogP contribution is 2.29. The van der Waals surface area contributed by atoms with Gasteiger partial charge in [-0.25, -0.2) is 0 Å². The maximum Gasteiger partial charge on any atom is 0.122 e. The highest BCUT2D eigenvalue weighted by molar-refractivity contribution is 5.12. The second-order valence-electron chi connectivity index (χ2n) is 6.01. The standard InChI is InChI=1S/C15H27N3O/c1-11-7-8-14(19-11)15(12(2)16)18-9-5-6-13(10-18)17(3)4/h7-8,12-13,15H,5-6,9-10,16H2,1-4H3. The van der Waals surface area contributed by atoms with E-state index in [0.717, 1.165) is 24.6 Å². The minimum atomic E-state index is 0.0754. The van der Waals surface area contributed by atoms with Crippen LogP contribution in [0.15, 0.2) is 16.5 Å². The molecular formula is C15H27N3O. The average Bonchev–Trinajstić information content (AvgIpc) is 2.75. The van der Waals surface area contributed by atoms with Gasteiger partial charge in [-0.05, 0) is 59.5 Å². The van der Waals surface area contributed by atoms with Crippen molar-refractivity contribution in [1.82, 2.24) is 9.80 Å². The lowest BCUT2D eigenvalue weighted by atomic mass is 9.99. The first-order valence-electron chi connectivity index (χ1n) is 7.21. The highest BCUT2D eigenvalue weighted by Gasteiger charge is 2.31. The summed E-state index contributed by atoms with van der Waals surface area (Å²) in [4.78, 5) is 4.80. The number of hydrogen-bond donors (Lipinski definition) is 1. The minimum absolute atomic E-state index is 0.0754. The molecule has 4 nitrogen and oxygen atoms in total. The lowest BCUT2D eigenvalue weighted by Crippen LogP contribution is -2.49. The second-order valence-corrected chi connectivity index (χ2v) is 6.01. The lowest BCUT2D eigenvalue weighted by Gasteiger charge is -2.41. The fourth-order valence-electron chi connectivity index (χ4n) is 3.04. The first-order valence-corrected chi connectivity index (χ1v) is 7.21. The molecule has 4 heteroatoms. The molecule has 0 bridgehead atoms. The largest absolute Gasteiger partial charge is 0.465 e. The Bertz CT molecular complexity index is 400. The summed E-state index contributed by atoms with van der Waals surface area (Å²) in [7, 11) is 4.32. The molecule has 2 N–H and O–H groups in total. The third kappa shape index (κ3) is 3.38. The first kappa shape index (κ1) is 14.6. The van der Waals surface area contributed by atoms with E-state index < -0.39 is 0 Å². The van der Waals surface area contributed by atoms with Gasteiger partial charge in [0.05, 0.1) is 6.04 Å². The molecule has 1 aliphatic rings. The fourth-order valence-corrected chi connectivity index (χ4v) is 3.04. The topological polar surface area (TPSA) is 45.6 Å². The van der Waals surface area contributed by atoms with Gasteiger partial charge in [0.15, 0.2) is 0 Å². The molecule has 3 unspecified atom stereocenters. The van der Waals surface area contributed by atoms with Crippen molar-refractivity contribution >= 4 is 0 Å². The Hall–Kier alpha value is -0.840. The van der Waals surface area contributed by atoms with E-state index in [2.05, 4.69) is 36.9 Å². The fraction of sp³-hybridized carbons (Fsp3) is 0.733. The molecule has 0 amide bonds. The number of aryl methyl sites for hydroxylation is 1. The Morgan fingerprint density at radius 2 is 2.16 bits per heavy atom. The SMILES string of the molecule is Cc1ccc(C(C(C)N)N2CCCC(N(C)C)C2)o1. The molecule has 3 atom stereocenters. The van der Waals surface area contributed by atoms with Crippen LogP contribution in [-0.4, -0.2) is 49.1 Å². The molecule has 1 saturated heterocycles. The number of furan rings is 1. The molecule has 2 rings (SSSR count). The van der Waals surface area contributed by atoms with E-state index >= 15 is 0 Å². The summed E-state index contributed by atoms with van der Waals surface area (Å²) in [5.74, 6) is 1.97. The number of nitrogens with two attached hydrogens (primary N) is 1. The van der Waals surface area contributed by atoms with E-state index in [4.69, 9.17) is 10.2 Å². The van der Waals surface area contributed by atoms with Crippen LogP contribution in [0.1, 0.15) is 37.3 Å². The Morgan fingerprint density at radius 1 is 1.42 bits per heavy atom. The molecule has 1 aromatic rings. The van der Waals surface area contributed by atoms with Gasteiger partial charge >= 0.3 is 0 Å². The first-order chi connectivity index (χ1) is 8.99. The van der Waals surface area contributed by atoms with Crippen LogP contribution in [-0.2, 0) is 0 Å². The van der Waals surface area contributed by atoms with E-state index in [1.807, 2.05) is 13.0 Å². The van der Waals surface area contributed by atoms with Crippen LogP contribution in [0.5, 0.6) is 0 Å². The van der Waals surface area contributed by atoms with Crippen molar-refractivity contribution in [2.24, 2.45) is 5.73 Å². The lowest BCUT2D eigenvalue weighted by molar-refractivity contribution is 0.0761. The van der Waals surface area contributed by atoms with E-state index in [1.54, 1.807) is 0 Å². The molecule has 19 heavy (non-hydrogen) atoms. The van der Waals surface area contributed by atoms with Crippen LogP contribution < -0.4 is 5.73 Å². The maximum atomic E-state index is 6.22. The van der Waals surface area contributed by atoms with E-state index in [0.29, 0.717) is 6.04 Å². The molecule has 0 spiro atoms. The number of hydrogen-bond acceptors (Lipinski definition) is 4. The summed E-state index contributed by atoms with van der Waals surface area (Å²) in [5, 5.41) is 0. The predicted molar refractivity (Wildman–Crippen MR) is 78.1 cm³/mol. The number of likely N-dealkylation sites (N-methyl/N-ethyl adjacent to an activating group) is 1. The Kier molecular flexibility index (Phi) is 4.66. The van der Waals surface area contributed by atoms with Gasteiger partial charge < -0.3 is 15.1 Å². The summed E-state index contributed by atoms with van der Waals surface area (Å²) in [6.45, 7) is 6.23. The van der Waals surface area contributed by atoms with Crippen molar-refractivity contribution in [2.75, 3.05) is 27.2 Å². The monoisotopic (exact) mass is 265 g/mol. The van der Waals surface area contributed by atoms with Crippen LogP contribution in [0.4, 0.5) is 0 Å². The van der Waals surface area contributed by atoms with Crippen molar-refractivity contribution in [2.45, 2.75) is 44.8 Å². The molecule has 108 valence electrons. The molecule has 0 aliphatic carbocycles. The zero-order chi connectivity index (χ0) is 14.0. The molecule has 0 saturated carbocycles. The third-order valence-corrected chi connectivity index (χ3v) is 4.10. The van der Waals surface area contributed by atoms with Crippen molar-refractivity contribution in [3.8, 4) is 0 Å². The number of nitrogens with zero attached hydrogens (tertiary/aromatic N) is 2. The molecule has 2 heterocycles. The third-order valence-electron chi connectivity index (χ3n) is 4.10. The smallest absolute Gasteiger partial charge is 0.122 e. The summed E-state index contributed by atoms with van der Waals surface area (Å²) >= 11 is 0. The molecule has 1 aliphatic heterocycles. The van der Waals surface area contributed by atoms with Gasteiger partial charge in [0.25, 0.3) is 0 Å². The Balaban J connectivity index is 2.15. The van der Waals surface area contributed by atoms with Crippen molar-refractivity contribution < 1.29 is 4.42 Å². The molecule has 0 radical (unpaired) electrons. The molecular weight excluding hydrogens is 238 g/mol. The van der Waals surface area contributed by atoms with Gasteiger partial charge in [-0.1, -0.05) is 0 Å². The Labute approximate surface area is 116 Å². The maximum absolute atomic E-state index is 6.22. The number of piperidine rings is 1. The number of rotatable bonds is 4. The second kappa shape index (κ2) is 6.07. The zero-order valence-corrected chi connectivity index (χ0v) is 12.6. The van der Waals surface area contributed by atoms with Crippen molar-refractivity contribution in [3.63, 3.8) is 0 Å². The van der Waals surface area contributed by atoms with Crippen molar-refractivity contribution in [1.29, 1.82) is 0 Å². The molecule has 1 aromatic heterocycles. The van der Waals surface area contributed by atoms with Gasteiger partial charge in [-0.2, -0.15) is 0 Å². The van der Waals surface area contributed by atoms with Crippen molar-refractivity contribution in [3.05, 3.63) is 23.7 Å². The quantitative estimate of drug-likeness (QED) is 0.904. The minimum Gasteiger partial charge on any atom is -0.465 e. The van der Waals surface area contributed by atoms with Gasteiger partial charge in [0, 0.05) is 18.6 Å². The van der Waals surface area contributed by atoms with Crippen LogP contribution in [0.25, 0.3) is 0 Å². The highest BCUT2D eigenvalue weighted by atomic mass is 16.3. The van der Waals surface area contributed by atoms with Crippen LogP contribution in [0, 0.1) is 6.92 Å². The molecule has 1 fully saturated rings. The van der Waals surface area contributed by atoms with Crippen LogP contribution in [0.3, 0.4) is 0 Å². The average molecular weight is 265 g/mol. The summed E-state index contributed by atoms with van der Waals surface area (Å²) in [6.07, 6.45) is 2.50. The summed E-state index contributed by atoms with van der Waals surface area (Å²) < 4.78 is 5.82. The molecule has 0 aromatic carbocycles. The predicted octanol–water partition coefficient (Wildman–Crippen LogP) is 2.00. The van der Waals surface area contributed by atoms with E-state index in [1.165, 1.54) is 12.8 Å². The van der Waals surface area contributed by atoms with Crippen LogP contribution >= 0.6 is 0 Å². The van der Waals surface area contributed by atoms with E-state index in [9.17, 15) is 0 Å². The Morgan fingerprint density at radius 3 is 2.68 bits per heavy atom. The van der Waals surface area contributed by atoms with Gasteiger partial charge in [0.1, 0.15) is 11.5 Å². The van der Waals surface area contributed by atoms with Gasteiger partial charge in [-0.3, -0.25) is 4.90 Å². The zero-order valence-electron chi connectivity index (χ0n) is 12.6. The van der Waals surface area contributed by atoms with Gasteiger partial charge in [0.2, 0.25) is 0 Å². The summed E-state index contributed by atoms with van der Waals surface area (Å²) in [5.41, 5.74) is 6.22. The number of likely N-dealkylation sites (tertiary alicyclic amines) is 1. The summed E-state index contributed by atoms with van der Waals surface area (Å²) in [6, 6.07) is 4.98.